The van der Waals surface area contributed by atoms with Crippen LogP contribution in [0.5, 0.6) is 0 Å². The van der Waals surface area contributed by atoms with E-state index in [9.17, 15) is 22.4 Å². The molecule has 1 saturated carbocycles. The fourth-order valence-electron chi connectivity index (χ4n) is 5.26. The van der Waals surface area contributed by atoms with Gasteiger partial charge in [0.1, 0.15) is 5.82 Å². The highest BCUT2D eigenvalue weighted by atomic mass is 32.2. The molecule has 0 aliphatic heterocycles. The first-order valence-corrected chi connectivity index (χ1v) is 14.1. The van der Waals surface area contributed by atoms with Gasteiger partial charge in [-0.3, -0.25) is 9.36 Å². The number of carbonyl (C=O) groups excluding carboxylic acids is 2. The predicted molar refractivity (Wildman–Crippen MR) is 137 cm³/mol. The monoisotopic (exact) mass is 529 g/mol. The lowest BCUT2D eigenvalue weighted by molar-refractivity contribution is -0.173. The summed E-state index contributed by atoms with van der Waals surface area (Å²) in [6.45, 7) is 4.66. The van der Waals surface area contributed by atoms with Crippen LogP contribution in [0.3, 0.4) is 0 Å². The number of halogens is 1. The Labute approximate surface area is 216 Å². The van der Waals surface area contributed by atoms with Crippen molar-refractivity contribution < 1.29 is 31.9 Å². The fourth-order valence-corrected chi connectivity index (χ4v) is 7.34. The molecule has 1 aliphatic carbocycles. The fraction of sp³-hybridized carbons (Fsp3) is 0.429. The molecule has 7 nitrogen and oxygen atoms in total. The van der Waals surface area contributed by atoms with Crippen LogP contribution in [0.2, 0.25) is 0 Å². The summed E-state index contributed by atoms with van der Waals surface area (Å²) in [5.41, 5.74) is 2.26. The molecule has 1 unspecified atom stereocenters. The molecule has 0 radical (unpaired) electrons. The number of sulfone groups is 1. The van der Waals surface area contributed by atoms with E-state index >= 15 is 0 Å². The zero-order valence-electron chi connectivity index (χ0n) is 21.3. The number of fused-ring (bicyclic) bond motifs is 1. The normalized spacial score (nSPS) is 15.5. The second-order valence-electron chi connectivity index (χ2n) is 9.40. The van der Waals surface area contributed by atoms with Crippen molar-refractivity contribution in [2.75, 3.05) is 6.61 Å². The zero-order valence-corrected chi connectivity index (χ0v) is 22.1. The summed E-state index contributed by atoms with van der Waals surface area (Å²) >= 11 is 0. The van der Waals surface area contributed by atoms with Gasteiger partial charge < -0.3 is 9.47 Å². The molecule has 4 rings (SSSR count). The zero-order chi connectivity index (χ0) is 26.7. The summed E-state index contributed by atoms with van der Waals surface area (Å²) in [5.74, 6) is -1.91. The Morgan fingerprint density at radius 3 is 2.49 bits per heavy atom. The number of esters is 2. The van der Waals surface area contributed by atoms with Gasteiger partial charge in [0, 0.05) is 24.4 Å². The minimum Gasteiger partial charge on any atom is -0.462 e. The van der Waals surface area contributed by atoms with Crippen molar-refractivity contribution in [3.63, 3.8) is 0 Å². The van der Waals surface area contributed by atoms with E-state index in [2.05, 4.69) is 0 Å². The number of rotatable bonds is 8. The van der Waals surface area contributed by atoms with Crippen LogP contribution in [-0.4, -0.2) is 36.8 Å². The minimum atomic E-state index is -3.56. The smallest absolute Gasteiger partial charge is 0.369 e. The topological polar surface area (TPSA) is 91.7 Å². The van der Waals surface area contributed by atoms with Crippen LogP contribution in [0.1, 0.15) is 69.0 Å². The molecule has 3 aromatic rings. The summed E-state index contributed by atoms with van der Waals surface area (Å²) in [6, 6.07) is 11.0. The van der Waals surface area contributed by atoms with Crippen molar-refractivity contribution in [3.05, 3.63) is 65.1 Å². The molecule has 1 heterocycles. The van der Waals surface area contributed by atoms with Gasteiger partial charge in [-0.05, 0) is 62.1 Å². The summed E-state index contributed by atoms with van der Waals surface area (Å²) in [5, 5.41) is 0.0864. The Balaban J connectivity index is 1.86. The Hall–Kier alpha value is -3.20. The Morgan fingerprint density at radius 2 is 1.81 bits per heavy atom. The molecular formula is C28H32FNO6S. The van der Waals surface area contributed by atoms with E-state index in [1.54, 1.807) is 38.1 Å². The van der Waals surface area contributed by atoms with Gasteiger partial charge in [-0.2, -0.15) is 0 Å². The highest BCUT2D eigenvalue weighted by Crippen LogP contribution is 2.35. The van der Waals surface area contributed by atoms with Crippen LogP contribution >= 0.6 is 0 Å². The van der Waals surface area contributed by atoms with Gasteiger partial charge in [0.15, 0.2) is 9.84 Å². The van der Waals surface area contributed by atoms with Gasteiger partial charge >= 0.3 is 11.9 Å². The van der Waals surface area contributed by atoms with Gasteiger partial charge in [-0.15, -0.1) is 0 Å². The van der Waals surface area contributed by atoms with Crippen LogP contribution in [0, 0.1) is 12.7 Å². The first-order chi connectivity index (χ1) is 17.6. The standard InChI is InChI=1S/C28H32FNO6S/c1-4-35-28(32)27(36-19(3)31)30-18(2)23(24-17-21(29)14-15-25(24)30)16-20-10-8-9-13-26(20)37(33,34)22-11-6-5-7-12-22/h8-10,13-15,17,22,27H,4-7,11-12,16H2,1-3H3. The summed E-state index contributed by atoms with van der Waals surface area (Å²) < 4.78 is 53.7. The van der Waals surface area contributed by atoms with Crippen LogP contribution in [-0.2, 0) is 35.3 Å². The van der Waals surface area contributed by atoms with Crippen LogP contribution in [0.4, 0.5) is 4.39 Å². The third kappa shape index (κ3) is 5.42. The van der Waals surface area contributed by atoms with Crippen LogP contribution in [0.25, 0.3) is 10.9 Å². The second kappa shape index (κ2) is 11.0. The van der Waals surface area contributed by atoms with Gasteiger partial charge in [-0.1, -0.05) is 37.5 Å². The molecule has 1 fully saturated rings. The third-order valence-electron chi connectivity index (χ3n) is 6.98. The van der Waals surface area contributed by atoms with E-state index in [0.717, 1.165) is 19.3 Å². The lowest BCUT2D eigenvalue weighted by atomic mass is 10.0. The summed E-state index contributed by atoms with van der Waals surface area (Å²) in [7, 11) is -3.56. The second-order valence-corrected chi connectivity index (χ2v) is 11.6. The number of nitrogens with zero attached hydrogens (tertiary/aromatic N) is 1. The SMILES string of the molecule is CCOC(=O)C(OC(C)=O)n1c(C)c(Cc2ccccc2S(=O)(=O)C2CCCCC2)c2cc(F)ccc21. The molecule has 0 bridgehead atoms. The number of ether oxygens (including phenoxy) is 2. The molecule has 1 aliphatic rings. The lowest BCUT2D eigenvalue weighted by Crippen LogP contribution is -2.27. The van der Waals surface area contributed by atoms with Crippen molar-refractivity contribution in [3.8, 4) is 0 Å². The van der Waals surface area contributed by atoms with E-state index in [1.807, 2.05) is 0 Å². The highest BCUT2D eigenvalue weighted by Gasteiger charge is 2.33. The first kappa shape index (κ1) is 26.9. The highest BCUT2D eigenvalue weighted by molar-refractivity contribution is 7.92. The van der Waals surface area contributed by atoms with Gasteiger partial charge in [0.05, 0.1) is 22.3 Å². The van der Waals surface area contributed by atoms with Crippen molar-refractivity contribution in [2.45, 2.75) is 75.7 Å². The molecule has 0 saturated heterocycles. The number of hydrogen-bond donors (Lipinski definition) is 0. The number of benzene rings is 2. The predicted octanol–water partition coefficient (Wildman–Crippen LogP) is 5.41. The van der Waals surface area contributed by atoms with Gasteiger partial charge in [0.25, 0.3) is 6.23 Å². The lowest BCUT2D eigenvalue weighted by Gasteiger charge is -2.23. The molecule has 2 aromatic carbocycles. The molecular weight excluding hydrogens is 497 g/mol. The molecule has 0 spiro atoms. The largest absolute Gasteiger partial charge is 0.462 e. The number of hydrogen-bond acceptors (Lipinski definition) is 6. The molecule has 0 N–H and O–H groups in total. The minimum absolute atomic E-state index is 0.0860. The molecule has 0 amide bonds. The maximum absolute atomic E-state index is 14.4. The van der Waals surface area contributed by atoms with Crippen molar-refractivity contribution >= 4 is 32.7 Å². The molecule has 9 heteroatoms. The number of aromatic nitrogens is 1. The van der Waals surface area contributed by atoms with Crippen LogP contribution < -0.4 is 0 Å². The maximum Gasteiger partial charge on any atom is 0.369 e. The third-order valence-corrected chi connectivity index (χ3v) is 9.34. The average molecular weight is 530 g/mol. The first-order valence-electron chi connectivity index (χ1n) is 12.6. The van der Waals surface area contributed by atoms with Crippen LogP contribution in [0.15, 0.2) is 47.4 Å². The Kier molecular flexibility index (Phi) is 8.02. The molecule has 198 valence electrons. The van der Waals surface area contributed by atoms with Crippen molar-refractivity contribution in [1.82, 2.24) is 4.57 Å². The van der Waals surface area contributed by atoms with E-state index in [-0.39, 0.29) is 17.9 Å². The van der Waals surface area contributed by atoms with Crippen molar-refractivity contribution in [2.24, 2.45) is 0 Å². The van der Waals surface area contributed by atoms with E-state index in [4.69, 9.17) is 9.47 Å². The average Bonchev–Trinajstić information content (AvgIpc) is 3.13. The Bertz CT molecular complexity index is 1420. The van der Waals surface area contributed by atoms with E-state index in [1.165, 1.54) is 29.7 Å². The quantitative estimate of drug-likeness (QED) is 0.362. The van der Waals surface area contributed by atoms with E-state index in [0.29, 0.717) is 40.6 Å². The van der Waals surface area contributed by atoms with Crippen molar-refractivity contribution in [1.29, 1.82) is 0 Å². The number of carbonyl (C=O) groups is 2. The summed E-state index contributed by atoms with van der Waals surface area (Å²) in [4.78, 5) is 24.9. The maximum atomic E-state index is 14.4. The van der Waals surface area contributed by atoms with Gasteiger partial charge in [-0.25, -0.2) is 17.6 Å². The van der Waals surface area contributed by atoms with Gasteiger partial charge in [0.2, 0.25) is 0 Å². The molecule has 37 heavy (non-hydrogen) atoms. The molecule has 1 aromatic heterocycles. The molecule has 1 atom stereocenters. The Morgan fingerprint density at radius 1 is 1.11 bits per heavy atom. The summed E-state index contributed by atoms with van der Waals surface area (Å²) in [6.07, 6.45) is 2.90. The van der Waals surface area contributed by atoms with E-state index < -0.39 is 39.1 Å².